The van der Waals surface area contributed by atoms with Gasteiger partial charge >= 0.3 is 0 Å². The zero-order valence-electron chi connectivity index (χ0n) is 15.2. The molecule has 2 aromatic rings. The number of sulfonamides is 1. The normalized spacial score (nSPS) is 11.0. The Balaban J connectivity index is 1.96. The van der Waals surface area contributed by atoms with Gasteiger partial charge in [0.05, 0.1) is 32.0 Å². The summed E-state index contributed by atoms with van der Waals surface area (Å²) >= 11 is 0. The van der Waals surface area contributed by atoms with Crippen molar-refractivity contribution in [1.82, 2.24) is 5.32 Å². The molecule has 6 nitrogen and oxygen atoms in total. The van der Waals surface area contributed by atoms with Crippen LogP contribution in [0.25, 0.3) is 0 Å². The number of carbonyl (C=O) groups excluding carboxylic acids is 1. The minimum atomic E-state index is -3.46. The van der Waals surface area contributed by atoms with Crippen molar-refractivity contribution in [3.8, 4) is 5.75 Å². The number of benzene rings is 2. The van der Waals surface area contributed by atoms with E-state index in [1.807, 2.05) is 31.2 Å². The number of hydrogen-bond donors (Lipinski definition) is 1. The van der Waals surface area contributed by atoms with Crippen molar-refractivity contribution in [3.05, 3.63) is 59.7 Å². The Morgan fingerprint density at radius 2 is 1.85 bits per heavy atom. The maximum atomic E-state index is 12.1. The summed E-state index contributed by atoms with van der Waals surface area (Å²) in [4.78, 5) is 12.1. The number of anilines is 1. The average Bonchev–Trinajstić information content (AvgIpc) is 2.58. The van der Waals surface area contributed by atoms with Crippen LogP contribution in [0, 0.1) is 6.92 Å². The molecule has 1 amide bonds. The van der Waals surface area contributed by atoms with Gasteiger partial charge in [0.15, 0.2) is 0 Å². The number of carbonyl (C=O) groups is 1. The lowest BCUT2D eigenvalue weighted by Crippen LogP contribution is -2.38. The molecule has 0 aliphatic heterocycles. The number of methoxy groups -OCH3 is 1. The van der Waals surface area contributed by atoms with Crippen molar-refractivity contribution < 1.29 is 17.9 Å². The van der Waals surface area contributed by atoms with Gasteiger partial charge in [-0.15, -0.1) is 0 Å². The minimum Gasteiger partial charge on any atom is -0.497 e. The second-order valence-electron chi connectivity index (χ2n) is 6.05. The average molecular weight is 376 g/mol. The van der Waals surface area contributed by atoms with Crippen LogP contribution in [0.15, 0.2) is 48.5 Å². The van der Waals surface area contributed by atoms with Crippen molar-refractivity contribution in [3.63, 3.8) is 0 Å². The molecule has 1 N–H and O–H groups in total. The van der Waals surface area contributed by atoms with E-state index in [9.17, 15) is 13.2 Å². The third-order valence-electron chi connectivity index (χ3n) is 3.84. The van der Waals surface area contributed by atoms with Crippen LogP contribution in [-0.4, -0.2) is 40.8 Å². The second-order valence-corrected chi connectivity index (χ2v) is 7.96. The fourth-order valence-corrected chi connectivity index (χ4v) is 3.53. The number of aryl methyl sites for hydroxylation is 1. The zero-order chi connectivity index (χ0) is 19.2. The van der Waals surface area contributed by atoms with Crippen molar-refractivity contribution in [2.45, 2.75) is 13.3 Å². The molecule has 2 rings (SSSR count). The molecule has 140 valence electrons. The van der Waals surface area contributed by atoms with Crippen LogP contribution in [0.4, 0.5) is 5.69 Å². The Labute approximate surface area is 154 Å². The first-order valence-corrected chi connectivity index (χ1v) is 10.1. The first-order chi connectivity index (χ1) is 12.3. The summed E-state index contributed by atoms with van der Waals surface area (Å²) in [6, 6.07) is 14.5. The molecule has 0 saturated heterocycles. The zero-order valence-corrected chi connectivity index (χ0v) is 16.0. The van der Waals surface area contributed by atoms with Gasteiger partial charge in [-0.1, -0.05) is 29.8 Å². The lowest BCUT2D eigenvalue weighted by atomic mass is 10.1. The maximum Gasteiger partial charge on any atom is 0.232 e. The van der Waals surface area contributed by atoms with E-state index in [0.717, 1.165) is 17.4 Å². The SMILES string of the molecule is COc1ccc(N(CCNC(=O)Cc2cccc(C)c2)S(C)(=O)=O)cc1. The highest BCUT2D eigenvalue weighted by Gasteiger charge is 2.17. The number of hydrogen-bond acceptors (Lipinski definition) is 4. The predicted octanol–water partition coefficient (Wildman–Crippen LogP) is 2.13. The third-order valence-corrected chi connectivity index (χ3v) is 5.04. The van der Waals surface area contributed by atoms with Gasteiger partial charge in [-0.25, -0.2) is 8.42 Å². The molecule has 0 spiro atoms. The molecular weight excluding hydrogens is 352 g/mol. The van der Waals surface area contributed by atoms with Crippen LogP contribution in [0.2, 0.25) is 0 Å². The van der Waals surface area contributed by atoms with Crippen molar-refractivity contribution in [1.29, 1.82) is 0 Å². The summed E-state index contributed by atoms with van der Waals surface area (Å²) in [5.74, 6) is 0.507. The summed E-state index contributed by atoms with van der Waals surface area (Å²) in [5, 5.41) is 2.78. The summed E-state index contributed by atoms with van der Waals surface area (Å²) in [6.45, 7) is 2.36. The summed E-state index contributed by atoms with van der Waals surface area (Å²) in [6.07, 6.45) is 1.41. The van der Waals surface area contributed by atoms with Gasteiger partial charge in [-0.05, 0) is 36.8 Å². The van der Waals surface area contributed by atoms with E-state index in [2.05, 4.69) is 5.32 Å². The monoisotopic (exact) mass is 376 g/mol. The van der Waals surface area contributed by atoms with E-state index in [1.165, 1.54) is 4.31 Å². The van der Waals surface area contributed by atoms with E-state index >= 15 is 0 Å². The molecule has 7 heteroatoms. The molecule has 0 bridgehead atoms. The second kappa shape index (κ2) is 8.71. The third kappa shape index (κ3) is 5.77. The highest BCUT2D eigenvalue weighted by atomic mass is 32.2. The van der Waals surface area contributed by atoms with E-state index in [1.54, 1.807) is 31.4 Å². The molecule has 0 saturated carbocycles. The van der Waals surface area contributed by atoms with Crippen molar-refractivity contribution in [2.24, 2.45) is 0 Å². The van der Waals surface area contributed by atoms with Crippen LogP contribution in [-0.2, 0) is 21.2 Å². The Kier molecular flexibility index (Phi) is 6.63. The van der Waals surface area contributed by atoms with Crippen molar-refractivity contribution >= 4 is 21.6 Å². The lowest BCUT2D eigenvalue weighted by molar-refractivity contribution is -0.120. The topological polar surface area (TPSA) is 75.7 Å². The molecule has 0 fully saturated rings. The standard InChI is InChI=1S/C19H24N2O4S/c1-15-5-4-6-16(13-15)14-19(22)20-11-12-21(26(3,23)24)17-7-9-18(25-2)10-8-17/h4-10,13H,11-12,14H2,1-3H3,(H,20,22). The van der Waals surface area contributed by atoms with Crippen LogP contribution >= 0.6 is 0 Å². The Bertz CT molecular complexity index is 848. The molecule has 0 aromatic heterocycles. The van der Waals surface area contributed by atoms with Gasteiger partial charge in [0.1, 0.15) is 5.75 Å². The largest absolute Gasteiger partial charge is 0.497 e. The van der Waals surface area contributed by atoms with Gasteiger partial charge in [-0.3, -0.25) is 9.10 Å². The van der Waals surface area contributed by atoms with Crippen LogP contribution < -0.4 is 14.4 Å². The van der Waals surface area contributed by atoms with E-state index in [4.69, 9.17) is 4.74 Å². The highest BCUT2D eigenvalue weighted by molar-refractivity contribution is 7.92. The summed E-state index contributed by atoms with van der Waals surface area (Å²) < 4.78 is 30.5. The predicted molar refractivity (Wildman–Crippen MR) is 103 cm³/mol. The molecule has 0 radical (unpaired) electrons. The van der Waals surface area contributed by atoms with E-state index in [0.29, 0.717) is 11.4 Å². The van der Waals surface area contributed by atoms with Crippen molar-refractivity contribution in [2.75, 3.05) is 30.8 Å². The Morgan fingerprint density at radius 3 is 2.42 bits per heavy atom. The Hall–Kier alpha value is -2.54. The maximum absolute atomic E-state index is 12.1. The lowest BCUT2D eigenvalue weighted by Gasteiger charge is -2.22. The number of amides is 1. The van der Waals surface area contributed by atoms with Crippen LogP contribution in [0.1, 0.15) is 11.1 Å². The summed E-state index contributed by atoms with van der Waals surface area (Å²) in [7, 11) is -1.91. The molecule has 26 heavy (non-hydrogen) atoms. The first kappa shape index (κ1) is 19.8. The number of ether oxygens (including phenoxy) is 1. The highest BCUT2D eigenvalue weighted by Crippen LogP contribution is 2.21. The number of nitrogens with zero attached hydrogens (tertiary/aromatic N) is 1. The molecule has 0 aliphatic carbocycles. The molecular formula is C19H24N2O4S. The molecule has 0 atom stereocenters. The quantitative estimate of drug-likeness (QED) is 0.766. The van der Waals surface area contributed by atoms with E-state index < -0.39 is 10.0 Å². The van der Waals surface area contributed by atoms with Gasteiger partial charge in [0, 0.05) is 6.54 Å². The fraction of sp³-hybridized carbons (Fsp3) is 0.316. The Morgan fingerprint density at radius 1 is 1.15 bits per heavy atom. The molecule has 0 unspecified atom stereocenters. The van der Waals surface area contributed by atoms with Crippen LogP contribution in [0.3, 0.4) is 0 Å². The molecule has 0 heterocycles. The van der Waals surface area contributed by atoms with Gasteiger partial charge < -0.3 is 10.1 Å². The number of rotatable bonds is 8. The van der Waals surface area contributed by atoms with Crippen LogP contribution in [0.5, 0.6) is 5.75 Å². The van der Waals surface area contributed by atoms with Gasteiger partial charge in [0.25, 0.3) is 0 Å². The fourth-order valence-electron chi connectivity index (χ4n) is 2.60. The number of nitrogens with one attached hydrogen (secondary N) is 1. The summed E-state index contributed by atoms with van der Waals surface area (Å²) in [5.41, 5.74) is 2.55. The molecule has 0 aliphatic rings. The van der Waals surface area contributed by atoms with E-state index in [-0.39, 0.29) is 25.4 Å². The molecule has 2 aromatic carbocycles. The van der Waals surface area contributed by atoms with Gasteiger partial charge in [0.2, 0.25) is 15.9 Å². The minimum absolute atomic E-state index is 0.140. The first-order valence-electron chi connectivity index (χ1n) is 8.23. The smallest absolute Gasteiger partial charge is 0.232 e. The van der Waals surface area contributed by atoms with Gasteiger partial charge in [-0.2, -0.15) is 0 Å².